The second kappa shape index (κ2) is 6.59. The van der Waals surface area contributed by atoms with E-state index in [1.165, 1.54) is 4.90 Å². The minimum atomic E-state index is -0.400. The fraction of sp³-hybridized carbons (Fsp3) is 0.562. The number of halogens is 1. The summed E-state index contributed by atoms with van der Waals surface area (Å²) in [5.74, 6) is 0.339. The Bertz CT molecular complexity index is 447. The molecule has 4 heteroatoms. The molecule has 0 radical (unpaired) electrons. The third-order valence-corrected chi connectivity index (χ3v) is 3.76. The quantitative estimate of drug-likeness (QED) is 0.640. The number of benzene rings is 1. The lowest BCUT2D eigenvalue weighted by atomic mass is 9.93. The normalized spacial score (nSPS) is 24.4. The number of carbonyl (C=O) groups excluding carboxylic acids is 1. The van der Waals surface area contributed by atoms with E-state index < -0.39 is 5.41 Å². The summed E-state index contributed by atoms with van der Waals surface area (Å²) in [6.07, 6.45) is 0.856. The molecule has 3 nitrogen and oxygen atoms in total. The van der Waals surface area contributed by atoms with Gasteiger partial charge in [-0.2, -0.15) is 0 Å². The van der Waals surface area contributed by atoms with Crippen LogP contribution < -0.4 is 17.3 Å². The van der Waals surface area contributed by atoms with Crippen molar-refractivity contribution in [1.29, 1.82) is 0 Å². The summed E-state index contributed by atoms with van der Waals surface area (Å²) in [6, 6.07) is 10.1. The maximum atomic E-state index is 12.5. The van der Waals surface area contributed by atoms with E-state index in [2.05, 4.69) is 14.1 Å². The fourth-order valence-electron chi connectivity index (χ4n) is 2.85. The summed E-state index contributed by atoms with van der Waals surface area (Å²) in [5.41, 5.74) is 0.704. The van der Waals surface area contributed by atoms with Crippen molar-refractivity contribution in [3.05, 3.63) is 35.9 Å². The molecule has 0 aromatic heterocycles. The molecular weight excluding hydrogens is 274 g/mol. The number of nitrogens with one attached hydrogen (secondary N) is 1. The van der Waals surface area contributed by atoms with Gasteiger partial charge in [0.15, 0.2) is 0 Å². The van der Waals surface area contributed by atoms with Gasteiger partial charge in [0, 0.05) is 5.92 Å². The van der Waals surface area contributed by atoms with Crippen LogP contribution in [0.2, 0.25) is 0 Å². The molecule has 2 atom stereocenters. The zero-order valence-corrected chi connectivity index (χ0v) is 13.4. The maximum Gasteiger partial charge on any atom is 0.317 e. The molecule has 2 rings (SSSR count). The lowest BCUT2D eigenvalue weighted by molar-refractivity contribution is -0.860. The van der Waals surface area contributed by atoms with Crippen LogP contribution in [0.5, 0.6) is 0 Å². The van der Waals surface area contributed by atoms with E-state index in [0.29, 0.717) is 5.92 Å². The highest BCUT2D eigenvalue weighted by Crippen LogP contribution is 2.54. The summed E-state index contributed by atoms with van der Waals surface area (Å²) in [4.78, 5) is 13.9. The largest absolute Gasteiger partial charge is 1.00 e. The number of hydrogen-bond acceptors (Lipinski definition) is 2. The third-order valence-electron chi connectivity index (χ3n) is 3.76. The van der Waals surface area contributed by atoms with Crippen molar-refractivity contribution in [2.24, 2.45) is 5.92 Å². The molecule has 0 bridgehead atoms. The molecule has 1 N–H and O–H groups in total. The molecule has 0 heterocycles. The van der Waals surface area contributed by atoms with Gasteiger partial charge < -0.3 is 22.0 Å². The Morgan fingerprint density at radius 1 is 1.35 bits per heavy atom. The van der Waals surface area contributed by atoms with Crippen LogP contribution in [0.15, 0.2) is 30.3 Å². The van der Waals surface area contributed by atoms with Crippen molar-refractivity contribution < 1.29 is 26.8 Å². The summed E-state index contributed by atoms with van der Waals surface area (Å²) in [5, 5.41) is 0. The summed E-state index contributed by atoms with van der Waals surface area (Å²) in [7, 11) is 4.25. The van der Waals surface area contributed by atoms with Gasteiger partial charge in [0.05, 0.1) is 26.7 Å². The van der Waals surface area contributed by atoms with Gasteiger partial charge in [-0.25, -0.2) is 0 Å². The van der Waals surface area contributed by atoms with Crippen LogP contribution >= 0.6 is 0 Å². The molecule has 112 valence electrons. The summed E-state index contributed by atoms with van der Waals surface area (Å²) >= 11 is 0. The van der Waals surface area contributed by atoms with E-state index in [0.717, 1.165) is 18.5 Å². The first kappa shape index (κ1) is 17.0. The summed E-state index contributed by atoms with van der Waals surface area (Å²) < 4.78 is 5.50. The number of rotatable bonds is 5. The average molecular weight is 298 g/mol. The Morgan fingerprint density at radius 2 is 1.95 bits per heavy atom. The predicted molar refractivity (Wildman–Crippen MR) is 75.1 cm³/mol. The monoisotopic (exact) mass is 297 g/mol. The average Bonchev–Trinajstić information content (AvgIpc) is 3.04. The molecule has 1 aliphatic rings. The van der Waals surface area contributed by atoms with Crippen molar-refractivity contribution in [2.45, 2.75) is 31.8 Å². The Kier molecular flexibility index (Phi) is 5.60. The Morgan fingerprint density at radius 3 is 2.45 bits per heavy atom. The second-order valence-corrected chi connectivity index (χ2v) is 6.10. The van der Waals surface area contributed by atoms with Crippen molar-refractivity contribution in [1.82, 2.24) is 0 Å². The van der Waals surface area contributed by atoms with Crippen LogP contribution in [0.4, 0.5) is 0 Å². The van der Waals surface area contributed by atoms with Crippen LogP contribution in [0.25, 0.3) is 0 Å². The minimum Gasteiger partial charge on any atom is -1.00 e. The molecule has 1 saturated carbocycles. The Balaban J connectivity index is 0.00000200. The number of ether oxygens (including phenoxy) is 1. The summed E-state index contributed by atoms with van der Waals surface area (Å²) in [6.45, 7) is 4.82. The number of carbonyl (C=O) groups is 1. The van der Waals surface area contributed by atoms with Gasteiger partial charge in [-0.3, -0.25) is 4.79 Å². The molecule has 1 aliphatic carbocycles. The molecule has 20 heavy (non-hydrogen) atoms. The molecule has 0 aliphatic heterocycles. The number of quaternary nitrogens is 1. The van der Waals surface area contributed by atoms with E-state index in [1.54, 1.807) is 0 Å². The van der Waals surface area contributed by atoms with Crippen molar-refractivity contribution in [3.63, 3.8) is 0 Å². The number of esters is 1. The lowest BCUT2D eigenvalue weighted by Gasteiger charge is -2.19. The van der Waals surface area contributed by atoms with Gasteiger partial charge in [-0.1, -0.05) is 30.3 Å². The van der Waals surface area contributed by atoms with Crippen LogP contribution in [-0.2, 0) is 14.9 Å². The van der Waals surface area contributed by atoms with Crippen LogP contribution in [-0.4, -0.2) is 32.7 Å². The SMILES string of the molecule is CC(C)OC(=O)[C@]1(c2ccccc2)C[C@@H]1C[NH+](C)C.[Cl-]. The second-order valence-electron chi connectivity index (χ2n) is 6.10. The van der Waals surface area contributed by atoms with Gasteiger partial charge in [-0.05, 0) is 25.8 Å². The Hall–Kier alpha value is -1.06. The Labute approximate surface area is 127 Å². The highest BCUT2D eigenvalue weighted by Gasteiger charge is 2.63. The smallest absolute Gasteiger partial charge is 0.317 e. The van der Waals surface area contributed by atoms with Gasteiger partial charge in [-0.15, -0.1) is 0 Å². The first-order valence-electron chi connectivity index (χ1n) is 7.02. The van der Waals surface area contributed by atoms with Crippen molar-refractivity contribution in [2.75, 3.05) is 20.6 Å². The zero-order valence-electron chi connectivity index (χ0n) is 12.7. The molecule has 1 aromatic carbocycles. The molecule has 1 aromatic rings. The molecule has 0 unspecified atom stereocenters. The first-order valence-corrected chi connectivity index (χ1v) is 7.02. The van der Waals surface area contributed by atoms with E-state index in [4.69, 9.17) is 4.74 Å². The lowest BCUT2D eigenvalue weighted by Crippen LogP contribution is -3.06. The molecule has 0 amide bonds. The topological polar surface area (TPSA) is 30.7 Å². The van der Waals surface area contributed by atoms with Gasteiger partial charge in [0.2, 0.25) is 0 Å². The standard InChI is InChI=1S/C16H23NO2.ClH/c1-12(2)19-15(18)16(10-14(16)11-17(3)4)13-8-6-5-7-9-13;/h5-9,12,14H,10-11H2,1-4H3;1H/t14-,16+;/m1./s1. The van der Waals surface area contributed by atoms with Gasteiger partial charge in [0.25, 0.3) is 0 Å². The highest BCUT2D eigenvalue weighted by atomic mass is 35.5. The van der Waals surface area contributed by atoms with Crippen LogP contribution in [0.3, 0.4) is 0 Å². The van der Waals surface area contributed by atoms with Crippen LogP contribution in [0.1, 0.15) is 25.8 Å². The predicted octanol–water partition coefficient (Wildman–Crippen LogP) is -1.96. The molecular formula is C16H24ClNO2. The third kappa shape index (κ3) is 3.33. The molecule has 1 fully saturated rings. The van der Waals surface area contributed by atoms with Crippen LogP contribution in [0, 0.1) is 5.92 Å². The van der Waals surface area contributed by atoms with E-state index >= 15 is 0 Å². The minimum absolute atomic E-state index is 0. The van der Waals surface area contributed by atoms with Crippen molar-refractivity contribution in [3.8, 4) is 0 Å². The van der Waals surface area contributed by atoms with E-state index in [-0.39, 0.29) is 24.5 Å². The highest BCUT2D eigenvalue weighted by molar-refractivity contribution is 5.87. The molecule has 0 spiro atoms. The first-order chi connectivity index (χ1) is 8.96. The maximum absolute atomic E-state index is 12.5. The fourth-order valence-corrected chi connectivity index (χ4v) is 2.85. The van der Waals surface area contributed by atoms with E-state index in [1.807, 2.05) is 44.2 Å². The number of hydrogen-bond donors (Lipinski definition) is 1. The zero-order chi connectivity index (χ0) is 14.0. The van der Waals surface area contributed by atoms with E-state index in [9.17, 15) is 4.79 Å². The van der Waals surface area contributed by atoms with Gasteiger partial charge >= 0.3 is 5.97 Å². The van der Waals surface area contributed by atoms with Crippen molar-refractivity contribution >= 4 is 5.97 Å². The molecule has 0 saturated heterocycles. The van der Waals surface area contributed by atoms with Gasteiger partial charge in [0.1, 0.15) is 5.41 Å².